The Morgan fingerprint density at radius 1 is 1.35 bits per heavy atom. The van der Waals surface area contributed by atoms with Crippen LogP contribution >= 0.6 is 11.6 Å². The van der Waals surface area contributed by atoms with Crippen molar-refractivity contribution >= 4 is 29.2 Å². The third-order valence-corrected chi connectivity index (χ3v) is 4.09. The van der Waals surface area contributed by atoms with Crippen LogP contribution in [0.5, 0.6) is 5.88 Å². The van der Waals surface area contributed by atoms with Crippen molar-refractivity contribution in [2.75, 3.05) is 25.6 Å². The van der Waals surface area contributed by atoms with Gasteiger partial charge in [0.2, 0.25) is 5.88 Å². The highest BCUT2D eigenvalue weighted by Gasteiger charge is 2.20. The van der Waals surface area contributed by atoms with Gasteiger partial charge >= 0.3 is 5.97 Å². The van der Waals surface area contributed by atoms with Crippen LogP contribution in [-0.4, -0.2) is 43.3 Å². The minimum atomic E-state index is -0.542. The first-order valence-corrected chi connectivity index (χ1v) is 8.35. The summed E-state index contributed by atoms with van der Waals surface area (Å²) in [6.45, 7) is 1.13. The molecule has 1 aliphatic heterocycles. The number of methoxy groups -OCH3 is 1. The zero-order valence-corrected chi connectivity index (χ0v) is 14.8. The Morgan fingerprint density at radius 3 is 2.85 bits per heavy atom. The summed E-state index contributed by atoms with van der Waals surface area (Å²) in [5.41, 5.74) is 0.831. The van der Waals surface area contributed by atoms with Crippen LogP contribution in [0, 0.1) is 0 Å². The van der Waals surface area contributed by atoms with Crippen LogP contribution in [0.25, 0.3) is 0 Å². The second-order valence-electron chi connectivity index (χ2n) is 5.61. The smallest absolute Gasteiger partial charge is 0.339 e. The highest BCUT2D eigenvalue weighted by atomic mass is 35.5. The number of carbonyl (C=O) groups is 2. The van der Waals surface area contributed by atoms with Gasteiger partial charge in [0, 0.05) is 12.6 Å². The number of pyridine rings is 1. The summed E-state index contributed by atoms with van der Waals surface area (Å²) >= 11 is 6.18. The number of ether oxygens (including phenoxy) is 3. The number of amides is 1. The molecule has 0 saturated carbocycles. The lowest BCUT2D eigenvalue weighted by Crippen LogP contribution is -2.18. The van der Waals surface area contributed by atoms with Crippen LogP contribution in [0.2, 0.25) is 5.02 Å². The molecule has 1 fully saturated rings. The van der Waals surface area contributed by atoms with Gasteiger partial charge in [-0.25, -0.2) is 9.78 Å². The Balaban J connectivity index is 1.74. The largest absolute Gasteiger partial charge is 0.471 e. The predicted octanol–water partition coefficient (Wildman–Crippen LogP) is 2.94. The summed E-state index contributed by atoms with van der Waals surface area (Å²) in [6.07, 6.45) is 2.05. The molecule has 0 radical (unpaired) electrons. The van der Waals surface area contributed by atoms with Crippen LogP contribution in [0.1, 0.15) is 27.1 Å². The van der Waals surface area contributed by atoms with Crippen molar-refractivity contribution in [3.63, 3.8) is 0 Å². The second kappa shape index (κ2) is 8.16. The first kappa shape index (κ1) is 18.2. The molecule has 8 heteroatoms. The quantitative estimate of drug-likeness (QED) is 0.807. The molecule has 2 aromatic rings. The van der Waals surface area contributed by atoms with E-state index < -0.39 is 11.9 Å². The minimum absolute atomic E-state index is 0.0911. The Kier molecular flexibility index (Phi) is 5.70. The summed E-state index contributed by atoms with van der Waals surface area (Å²) < 4.78 is 15.6. The first-order valence-electron chi connectivity index (χ1n) is 7.97. The van der Waals surface area contributed by atoms with Gasteiger partial charge in [-0.05, 0) is 18.2 Å². The molecule has 1 N–H and O–H groups in total. The van der Waals surface area contributed by atoms with Gasteiger partial charge in [0.25, 0.3) is 5.91 Å². The lowest BCUT2D eigenvalue weighted by molar-refractivity contribution is 0.0602. The van der Waals surface area contributed by atoms with Crippen molar-refractivity contribution in [3.05, 3.63) is 52.7 Å². The van der Waals surface area contributed by atoms with E-state index in [9.17, 15) is 9.59 Å². The molecule has 0 spiro atoms. The van der Waals surface area contributed by atoms with E-state index in [-0.39, 0.29) is 28.1 Å². The number of nitrogens with one attached hydrogen (secondary N) is 1. The average molecular weight is 377 g/mol. The summed E-state index contributed by atoms with van der Waals surface area (Å²) in [7, 11) is 1.28. The standard InChI is InChI=1S/C18H17ClN2O5/c1-24-18(23)13-4-2-3-5-15(13)21-16(22)11-8-14(19)17(20-9-11)26-12-6-7-25-10-12/h2-5,8-9,12H,6-7,10H2,1H3,(H,21,22). The van der Waals surface area contributed by atoms with Crippen molar-refractivity contribution in [3.8, 4) is 5.88 Å². The van der Waals surface area contributed by atoms with Crippen molar-refractivity contribution in [2.45, 2.75) is 12.5 Å². The van der Waals surface area contributed by atoms with E-state index in [1.807, 2.05) is 0 Å². The molecule has 1 unspecified atom stereocenters. The van der Waals surface area contributed by atoms with Gasteiger partial charge in [0.15, 0.2) is 0 Å². The number of aromatic nitrogens is 1. The third-order valence-electron chi connectivity index (χ3n) is 3.82. The first-order chi connectivity index (χ1) is 12.6. The molecule has 7 nitrogen and oxygen atoms in total. The summed E-state index contributed by atoms with van der Waals surface area (Å²) in [5.74, 6) is -0.736. The second-order valence-corrected chi connectivity index (χ2v) is 6.01. The Morgan fingerprint density at radius 2 is 2.15 bits per heavy atom. The highest BCUT2D eigenvalue weighted by molar-refractivity contribution is 6.32. The third kappa shape index (κ3) is 4.12. The molecular weight excluding hydrogens is 360 g/mol. The fraction of sp³-hybridized carbons (Fsp3) is 0.278. The van der Waals surface area contributed by atoms with Crippen LogP contribution in [0.3, 0.4) is 0 Å². The number of esters is 1. The molecule has 1 atom stereocenters. The van der Waals surface area contributed by atoms with Crippen molar-refractivity contribution in [1.29, 1.82) is 0 Å². The highest BCUT2D eigenvalue weighted by Crippen LogP contribution is 2.26. The number of para-hydroxylation sites is 1. The number of rotatable bonds is 5. The van der Waals surface area contributed by atoms with Gasteiger partial charge in [-0.3, -0.25) is 4.79 Å². The van der Waals surface area contributed by atoms with Crippen LogP contribution in [0.4, 0.5) is 5.69 Å². The van der Waals surface area contributed by atoms with Crippen LogP contribution < -0.4 is 10.1 Å². The van der Waals surface area contributed by atoms with Gasteiger partial charge in [-0.1, -0.05) is 23.7 Å². The van der Waals surface area contributed by atoms with E-state index in [2.05, 4.69) is 10.3 Å². The fourth-order valence-corrected chi connectivity index (χ4v) is 2.69. The molecular formula is C18H17ClN2O5. The zero-order valence-electron chi connectivity index (χ0n) is 14.0. The summed E-state index contributed by atoms with van der Waals surface area (Å²) in [6, 6.07) is 8.02. The fourth-order valence-electron chi connectivity index (χ4n) is 2.47. The maximum Gasteiger partial charge on any atom is 0.339 e. The molecule has 2 heterocycles. The van der Waals surface area contributed by atoms with Crippen molar-refractivity contribution in [2.24, 2.45) is 0 Å². The number of hydrogen-bond donors (Lipinski definition) is 1. The topological polar surface area (TPSA) is 86.8 Å². The maximum absolute atomic E-state index is 12.5. The number of carbonyl (C=O) groups excluding carboxylic acids is 2. The van der Waals surface area contributed by atoms with Gasteiger partial charge in [0.1, 0.15) is 11.1 Å². The molecule has 1 saturated heterocycles. The summed E-state index contributed by atoms with van der Waals surface area (Å²) in [5, 5.41) is 2.89. The predicted molar refractivity (Wildman–Crippen MR) is 94.8 cm³/mol. The zero-order chi connectivity index (χ0) is 18.5. The van der Waals surface area contributed by atoms with E-state index in [4.69, 9.17) is 25.8 Å². The number of anilines is 1. The van der Waals surface area contributed by atoms with E-state index in [1.165, 1.54) is 19.4 Å². The Labute approximate surface area is 155 Å². The molecule has 136 valence electrons. The molecule has 0 aliphatic carbocycles. The minimum Gasteiger partial charge on any atom is -0.471 e. The lowest BCUT2D eigenvalue weighted by Gasteiger charge is -2.13. The number of hydrogen-bond acceptors (Lipinski definition) is 6. The normalized spacial score (nSPS) is 16.2. The molecule has 1 amide bonds. The maximum atomic E-state index is 12.5. The van der Waals surface area contributed by atoms with Crippen molar-refractivity contribution in [1.82, 2.24) is 4.98 Å². The molecule has 26 heavy (non-hydrogen) atoms. The Bertz CT molecular complexity index is 821. The number of benzene rings is 1. The van der Waals surface area contributed by atoms with E-state index in [0.717, 1.165) is 6.42 Å². The molecule has 3 rings (SSSR count). The van der Waals surface area contributed by atoms with Crippen molar-refractivity contribution < 1.29 is 23.8 Å². The lowest BCUT2D eigenvalue weighted by atomic mass is 10.1. The van der Waals surface area contributed by atoms with Gasteiger partial charge in [-0.15, -0.1) is 0 Å². The molecule has 1 aromatic carbocycles. The molecule has 1 aromatic heterocycles. The van der Waals surface area contributed by atoms with E-state index in [1.54, 1.807) is 24.3 Å². The molecule has 0 bridgehead atoms. The average Bonchev–Trinajstić information content (AvgIpc) is 3.16. The number of halogens is 1. The summed E-state index contributed by atoms with van der Waals surface area (Å²) in [4.78, 5) is 28.4. The number of nitrogens with zero attached hydrogens (tertiary/aromatic N) is 1. The van der Waals surface area contributed by atoms with Crippen LogP contribution in [0.15, 0.2) is 36.5 Å². The monoisotopic (exact) mass is 376 g/mol. The van der Waals surface area contributed by atoms with Gasteiger partial charge < -0.3 is 19.5 Å². The van der Waals surface area contributed by atoms with Gasteiger partial charge in [-0.2, -0.15) is 0 Å². The van der Waals surface area contributed by atoms with E-state index >= 15 is 0 Å². The SMILES string of the molecule is COC(=O)c1ccccc1NC(=O)c1cnc(OC2CCOC2)c(Cl)c1. The van der Waals surface area contributed by atoms with Gasteiger partial charge in [0.05, 0.1) is 37.1 Å². The van der Waals surface area contributed by atoms with E-state index in [0.29, 0.717) is 18.9 Å². The van der Waals surface area contributed by atoms with Crippen LogP contribution in [-0.2, 0) is 9.47 Å². The molecule has 1 aliphatic rings. The Hall–Kier alpha value is -2.64.